The van der Waals surface area contributed by atoms with Crippen LogP contribution in [0.25, 0.3) is 0 Å². The van der Waals surface area contributed by atoms with Crippen molar-refractivity contribution >= 4 is 35.3 Å². The van der Waals surface area contributed by atoms with Gasteiger partial charge in [-0.1, -0.05) is 41.8 Å². The molecule has 1 aliphatic rings. The molecule has 0 radical (unpaired) electrons. The van der Waals surface area contributed by atoms with Gasteiger partial charge in [-0.15, -0.1) is 0 Å². The average Bonchev–Trinajstić information content (AvgIpc) is 2.44. The Bertz CT molecular complexity index is 519. The second-order valence-corrected chi connectivity index (χ2v) is 5.65. The number of nitrogens with one attached hydrogen (secondary N) is 1. The third-order valence-electron chi connectivity index (χ3n) is 3.43. The summed E-state index contributed by atoms with van der Waals surface area (Å²) in [6.07, 6.45) is 4.60. The molecule has 108 valence electrons. The minimum Gasteiger partial charge on any atom is -0.295 e. The summed E-state index contributed by atoms with van der Waals surface area (Å²) in [7, 11) is 1.96. The van der Waals surface area contributed by atoms with Crippen LogP contribution < -0.4 is 5.43 Å². The summed E-state index contributed by atoms with van der Waals surface area (Å²) in [6, 6.07) is 5.18. The van der Waals surface area contributed by atoms with Gasteiger partial charge in [0.15, 0.2) is 0 Å². The van der Waals surface area contributed by atoms with Gasteiger partial charge in [0.25, 0.3) is 5.91 Å². The van der Waals surface area contributed by atoms with E-state index in [9.17, 15) is 4.79 Å². The highest BCUT2D eigenvalue weighted by Crippen LogP contribution is 2.24. The van der Waals surface area contributed by atoms with Crippen LogP contribution in [0.5, 0.6) is 0 Å². The highest BCUT2D eigenvalue weighted by Gasteiger charge is 2.25. The Morgan fingerprint density at radius 2 is 2.25 bits per heavy atom. The summed E-state index contributed by atoms with van der Waals surface area (Å²) in [6.45, 7) is 0.946. The summed E-state index contributed by atoms with van der Waals surface area (Å²) in [5.74, 6) is -0.0819. The lowest BCUT2D eigenvalue weighted by atomic mass is 10.0. The van der Waals surface area contributed by atoms with E-state index < -0.39 is 0 Å². The van der Waals surface area contributed by atoms with Gasteiger partial charge in [0.1, 0.15) is 0 Å². The molecule has 2 rings (SSSR count). The maximum atomic E-state index is 12.0. The molecule has 1 aromatic carbocycles. The van der Waals surface area contributed by atoms with Gasteiger partial charge in [0, 0.05) is 5.56 Å². The number of carbonyl (C=O) groups is 1. The maximum absolute atomic E-state index is 12.0. The lowest BCUT2D eigenvalue weighted by molar-refractivity contribution is -0.126. The van der Waals surface area contributed by atoms with Crippen LogP contribution in [-0.4, -0.2) is 36.7 Å². The molecule has 20 heavy (non-hydrogen) atoms. The number of hydrogen-bond acceptors (Lipinski definition) is 3. The van der Waals surface area contributed by atoms with Crippen LogP contribution >= 0.6 is 23.2 Å². The highest BCUT2D eigenvalue weighted by atomic mass is 35.5. The monoisotopic (exact) mass is 313 g/mol. The maximum Gasteiger partial charge on any atom is 0.257 e. The smallest absolute Gasteiger partial charge is 0.257 e. The van der Waals surface area contributed by atoms with Crippen LogP contribution in [0, 0.1) is 0 Å². The Morgan fingerprint density at radius 1 is 1.45 bits per heavy atom. The van der Waals surface area contributed by atoms with Crippen LogP contribution in [-0.2, 0) is 4.79 Å². The average molecular weight is 314 g/mol. The molecule has 1 aliphatic heterocycles. The largest absolute Gasteiger partial charge is 0.295 e. The number of likely N-dealkylation sites (tertiary alicyclic amines) is 1. The van der Waals surface area contributed by atoms with Gasteiger partial charge in [-0.3, -0.25) is 9.69 Å². The lowest BCUT2D eigenvalue weighted by Crippen LogP contribution is -2.46. The predicted molar refractivity (Wildman–Crippen MR) is 82.5 cm³/mol. The first-order valence-electron chi connectivity index (χ1n) is 6.57. The van der Waals surface area contributed by atoms with Crippen LogP contribution in [0.2, 0.25) is 10.0 Å². The molecular formula is C14H17Cl2N3O. The molecule has 1 saturated heterocycles. The minimum atomic E-state index is -0.101. The predicted octanol–water partition coefficient (Wildman–Crippen LogP) is 2.93. The van der Waals surface area contributed by atoms with Crippen LogP contribution in [0.4, 0.5) is 0 Å². The third kappa shape index (κ3) is 3.72. The number of halogens is 2. The second-order valence-electron chi connectivity index (χ2n) is 4.87. The van der Waals surface area contributed by atoms with E-state index in [1.165, 1.54) is 6.21 Å². The Labute approximate surface area is 128 Å². The van der Waals surface area contributed by atoms with Gasteiger partial charge in [0.2, 0.25) is 0 Å². The summed E-state index contributed by atoms with van der Waals surface area (Å²) in [5, 5.41) is 4.86. The first-order valence-corrected chi connectivity index (χ1v) is 7.32. The number of carbonyl (C=O) groups excluding carboxylic acids is 1. The van der Waals surface area contributed by atoms with E-state index in [4.69, 9.17) is 23.2 Å². The van der Waals surface area contributed by atoms with Crippen molar-refractivity contribution in [2.24, 2.45) is 5.10 Å². The molecule has 1 N–H and O–H groups in total. The zero-order valence-corrected chi connectivity index (χ0v) is 12.8. The summed E-state index contributed by atoms with van der Waals surface area (Å²) < 4.78 is 0. The zero-order chi connectivity index (χ0) is 14.5. The molecule has 1 amide bonds. The molecule has 0 saturated carbocycles. The van der Waals surface area contributed by atoms with E-state index in [-0.39, 0.29) is 11.9 Å². The Morgan fingerprint density at radius 3 is 3.00 bits per heavy atom. The number of rotatable bonds is 3. The number of hydrogen-bond donors (Lipinski definition) is 1. The fourth-order valence-corrected chi connectivity index (χ4v) is 2.62. The van der Waals surface area contributed by atoms with Gasteiger partial charge in [0.05, 0.1) is 22.3 Å². The van der Waals surface area contributed by atoms with Gasteiger partial charge >= 0.3 is 0 Å². The van der Waals surface area contributed by atoms with Gasteiger partial charge in [-0.05, 0) is 32.5 Å². The fourth-order valence-electron chi connectivity index (χ4n) is 2.27. The number of hydrazone groups is 1. The first kappa shape index (κ1) is 15.3. The number of benzene rings is 1. The molecule has 1 atom stereocenters. The molecule has 0 spiro atoms. The Hall–Kier alpha value is -1.10. The number of likely N-dealkylation sites (N-methyl/N-ethyl adjacent to an activating group) is 1. The molecule has 0 aromatic heterocycles. The fraction of sp³-hybridized carbons (Fsp3) is 0.429. The topological polar surface area (TPSA) is 44.7 Å². The van der Waals surface area contributed by atoms with Gasteiger partial charge < -0.3 is 0 Å². The number of piperidine rings is 1. The van der Waals surface area contributed by atoms with Crippen molar-refractivity contribution in [3.8, 4) is 0 Å². The molecule has 0 bridgehead atoms. The van der Waals surface area contributed by atoms with E-state index >= 15 is 0 Å². The van der Waals surface area contributed by atoms with E-state index in [2.05, 4.69) is 15.4 Å². The van der Waals surface area contributed by atoms with Crippen molar-refractivity contribution < 1.29 is 4.79 Å². The van der Waals surface area contributed by atoms with Crippen LogP contribution in [0.1, 0.15) is 24.8 Å². The number of amides is 1. The molecule has 0 aliphatic carbocycles. The highest BCUT2D eigenvalue weighted by molar-refractivity contribution is 6.43. The molecule has 1 heterocycles. The normalized spacial score (nSPS) is 20.2. The molecule has 0 unspecified atom stereocenters. The standard InChI is InChI=1S/C14H17Cl2N3O/c1-19-8-3-2-7-12(19)14(20)18-17-9-10-5-4-6-11(15)13(10)16/h4-6,9,12H,2-3,7-8H2,1H3,(H,18,20)/b17-9-/t12-/m1/s1. The van der Waals surface area contributed by atoms with Crippen LogP contribution in [0.3, 0.4) is 0 Å². The van der Waals surface area contributed by atoms with E-state index in [0.717, 1.165) is 25.8 Å². The van der Waals surface area contributed by atoms with Crippen molar-refractivity contribution in [1.82, 2.24) is 10.3 Å². The SMILES string of the molecule is CN1CCCC[C@@H]1C(=O)N/N=C\c1cccc(Cl)c1Cl. The van der Waals surface area contributed by atoms with Crippen LogP contribution in [0.15, 0.2) is 23.3 Å². The lowest BCUT2D eigenvalue weighted by Gasteiger charge is -2.30. The molecule has 4 nitrogen and oxygen atoms in total. The molecule has 1 fully saturated rings. The minimum absolute atomic E-state index is 0.0819. The van der Waals surface area contributed by atoms with Crippen molar-refractivity contribution in [2.45, 2.75) is 25.3 Å². The zero-order valence-electron chi connectivity index (χ0n) is 11.3. The summed E-state index contributed by atoms with van der Waals surface area (Å²) in [4.78, 5) is 14.1. The van der Waals surface area contributed by atoms with E-state index in [0.29, 0.717) is 15.6 Å². The molecule has 1 aromatic rings. The Balaban J connectivity index is 1.95. The second kappa shape index (κ2) is 7.07. The quantitative estimate of drug-likeness (QED) is 0.689. The Kier molecular flexibility index (Phi) is 5.40. The first-order chi connectivity index (χ1) is 9.59. The molecular weight excluding hydrogens is 297 g/mol. The van der Waals surface area contributed by atoms with E-state index in [1.54, 1.807) is 18.2 Å². The van der Waals surface area contributed by atoms with Crippen molar-refractivity contribution in [1.29, 1.82) is 0 Å². The number of nitrogens with zero attached hydrogens (tertiary/aromatic N) is 2. The summed E-state index contributed by atoms with van der Waals surface area (Å²) >= 11 is 11.9. The van der Waals surface area contributed by atoms with Crippen molar-refractivity contribution in [3.05, 3.63) is 33.8 Å². The van der Waals surface area contributed by atoms with Gasteiger partial charge in [-0.2, -0.15) is 5.10 Å². The van der Waals surface area contributed by atoms with Crippen molar-refractivity contribution in [3.63, 3.8) is 0 Å². The van der Waals surface area contributed by atoms with Gasteiger partial charge in [-0.25, -0.2) is 5.43 Å². The third-order valence-corrected chi connectivity index (χ3v) is 4.27. The molecule has 6 heteroatoms. The van der Waals surface area contributed by atoms with Crippen molar-refractivity contribution in [2.75, 3.05) is 13.6 Å². The van der Waals surface area contributed by atoms with E-state index in [1.807, 2.05) is 7.05 Å². The summed E-state index contributed by atoms with van der Waals surface area (Å²) in [5.41, 5.74) is 3.24.